The first-order valence-corrected chi connectivity index (χ1v) is 9.22. The molecule has 3 rings (SSSR count). The topological polar surface area (TPSA) is 54.9 Å². The summed E-state index contributed by atoms with van der Waals surface area (Å²) in [6.07, 6.45) is 0. The van der Waals surface area contributed by atoms with E-state index < -0.39 is 0 Å². The number of amides is 1. The molecular formula is C18H25N3O3S. The molecule has 1 amide bonds. The Morgan fingerprint density at radius 3 is 2.36 bits per heavy atom. The SMILES string of the molecule is COc1ccc2sc(N3CCN(C(=O)C(C)(C)C)CC3)nc2c1OC. The number of hydrogen-bond donors (Lipinski definition) is 0. The molecular weight excluding hydrogens is 338 g/mol. The molecule has 25 heavy (non-hydrogen) atoms. The Morgan fingerprint density at radius 2 is 1.80 bits per heavy atom. The van der Waals surface area contributed by atoms with Crippen LogP contribution in [0.15, 0.2) is 12.1 Å². The number of rotatable bonds is 3. The van der Waals surface area contributed by atoms with Crippen LogP contribution < -0.4 is 14.4 Å². The molecule has 1 aromatic heterocycles. The maximum Gasteiger partial charge on any atom is 0.228 e. The molecule has 2 aromatic rings. The number of carbonyl (C=O) groups excluding carboxylic acids is 1. The number of piperazine rings is 1. The average Bonchev–Trinajstić information content (AvgIpc) is 3.03. The van der Waals surface area contributed by atoms with Crippen LogP contribution >= 0.6 is 11.3 Å². The predicted octanol–water partition coefficient (Wildman–Crippen LogP) is 3.01. The molecule has 136 valence electrons. The van der Waals surface area contributed by atoms with Gasteiger partial charge in [-0.25, -0.2) is 4.98 Å². The van der Waals surface area contributed by atoms with Crippen LogP contribution in [0.3, 0.4) is 0 Å². The van der Waals surface area contributed by atoms with Gasteiger partial charge in [-0.3, -0.25) is 4.79 Å². The lowest BCUT2D eigenvalue weighted by atomic mass is 9.94. The second kappa shape index (κ2) is 6.71. The summed E-state index contributed by atoms with van der Waals surface area (Å²) in [5, 5.41) is 0.962. The highest BCUT2D eigenvalue weighted by Crippen LogP contribution is 2.40. The van der Waals surface area contributed by atoms with Gasteiger partial charge in [-0.2, -0.15) is 0 Å². The van der Waals surface area contributed by atoms with E-state index >= 15 is 0 Å². The molecule has 7 heteroatoms. The molecule has 0 unspecified atom stereocenters. The standard InChI is InChI=1S/C18H25N3O3S/c1-18(2,3)16(22)20-8-10-21(11-9-20)17-19-14-13(25-17)7-6-12(23-4)15(14)24-5/h6-7H,8-11H2,1-5H3. The summed E-state index contributed by atoms with van der Waals surface area (Å²) in [6, 6.07) is 3.92. The summed E-state index contributed by atoms with van der Waals surface area (Å²) >= 11 is 1.64. The lowest BCUT2D eigenvalue weighted by molar-refractivity contribution is -0.139. The van der Waals surface area contributed by atoms with Gasteiger partial charge in [0.2, 0.25) is 5.91 Å². The number of anilines is 1. The largest absolute Gasteiger partial charge is 0.493 e. The number of carbonyl (C=O) groups is 1. The smallest absolute Gasteiger partial charge is 0.228 e. The molecule has 0 spiro atoms. The van der Waals surface area contributed by atoms with Crippen molar-refractivity contribution in [3.05, 3.63) is 12.1 Å². The molecule has 0 bridgehead atoms. The van der Waals surface area contributed by atoms with Gasteiger partial charge >= 0.3 is 0 Å². The number of hydrogen-bond acceptors (Lipinski definition) is 6. The Balaban J connectivity index is 1.79. The zero-order valence-corrected chi connectivity index (χ0v) is 16.3. The lowest BCUT2D eigenvalue weighted by Gasteiger charge is -2.37. The third-order valence-corrected chi connectivity index (χ3v) is 5.45. The number of nitrogens with zero attached hydrogens (tertiary/aromatic N) is 3. The van der Waals surface area contributed by atoms with Crippen LogP contribution in [0.25, 0.3) is 10.2 Å². The molecule has 0 radical (unpaired) electrons. The van der Waals surface area contributed by atoms with Crippen LogP contribution in [0.1, 0.15) is 20.8 Å². The summed E-state index contributed by atoms with van der Waals surface area (Å²) < 4.78 is 11.9. The zero-order chi connectivity index (χ0) is 18.2. The highest BCUT2D eigenvalue weighted by molar-refractivity contribution is 7.22. The van der Waals surface area contributed by atoms with Crippen LogP contribution in [0.4, 0.5) is 5.13 Å². The van der Waals surface area contributed by atoms with E-state index in [-0.39, 0.29) is 11.3 Å². The minimum absolute atomic E-state index is 0.211. The maximum atomic E-state index is 12.4. The van der Waals surface area contributed by atoms with Crippen molar-refractivity contribution in [2.45, 2.75) is 20.8 Å². The van der Waals surface area contributed by atoms with Crippen LogP contribution in [-0.4, -0.2) is 56.2 Å². The van der Waals surface area contributed by atoms with Gasteiger partial charge in [-0.15, -0.1) is 0 Å². The minimum Gasteiger partial charge on any atom is -0.493 e. The molecule has 0 saturated carbocycles. The predicted molar refractivity (Wildman–Crippen MR) is 101 cm³/mol. The second-order valence-corrected chi connectivity index (χ2v) is 8.18. The van der Waals surface area contributed by atoms with Gasteiger partial charge in [0, 0.05) is 31.6 Å². The summed E-state index contributed by atoms with van der Waals surface area (Å²) in [5.41, 5.74) is 0.497. The molecule has 1 aliphatic rings. The number of benzene rings is 1. The van der Waals surface area contributed by atoms with E-state index in [0.29, 0.717) is 11.5 Å². The van der Waals surface area contributed by atoms with Crippen LogP contribution in [0.5, 0.6) is 11.5 Å². The molecule has 1 fully saturated rings. The summed E-state index contributed by atoms with van der Waals surface area (Å²) in [6.45, 7) is 8.94. The van der Waals surface area contributed by atoms with Crippen LogP contribution in [0, 0.1) is 5.41 Å². The van der Waals surface area contributed by atoms with Crippen molar-refractivity contribution < 1.29 is 14.3 Å². The highest BCUT2D eigenvalue weighted by Gasteiger charge is 2.30. The van der Waals surface area contributed by atoms with Gasteiger partial charge in [-0.05, 0) is 12.1 Å². The third kappa shape index (κ3) is 3.38. The highest BCUT2D eigenvalue weighted by atomic mass is 32.1. The van der Waals surface area contributed by atoms with Crippen molar-refractivity contribution in [3.8, 4) is 11.5 Å². The van der Waals surface area contributed by atoms with Gasteiger partial charge in [0.05, 0.1) is 18.9 Å². The minimum atomic E-state index is -0.331. The molecule has 0 N–H and O–H groups in total. The molecule has 1 aliphatic heterocycles. The van der Waals surface area contributed by atoms with Gasteiger partial charge in [0.25, 0.3) is 0 Å². The molecule has 2 heterocycles. The number of thiazole rings is 1. The van der Waals surface area contributed by atoms with Gasteiger partial charge in [0.15, 0.2) is 16.6 Å². The summed E-state index contributed by atoms with van der Waals surface area (Å²) in [4.78, 5) is 21.4. The molecule has 1 saturated heterocycles. The number of ether oxygens (including phenoxy) is 2. The third-order valence-electron chi connectivity index (χ3n) is 4.37. The number of aromatic nitrogens is 1. The molecule has 0 atom stereocenters. The van der Waals surface area contributed by atoms with E-state index in [2.05, 4.69) is 4.90 Å². The number of fused-ring (bicyclic) bond motifs is 1. The van der Waals surface area contributed by atoms with Crippen molar-refractivity contribution in [1.82, 2.24) is 9.88 Å². The van der Waals surface area contributed by atoms with E-state index in [9.17, 15) is 4.79 Å². The average molecular weight is 363 g/mol. The summed E-state index contributed by atoms with van der Waals surface area (Å²) in [7, 11) is 3.26. The fraction of sp³-hybridized carbons (Fsp3) is 0.556. The van der Waals surface area contributed by atoms with E-state index in [0.717, 1.165) is 41.5 Å². The maximum absolute atomic E-state index is 12.4. The van der Waals surface area contributed by atoms with Gasteiger partial charge in [-0.1, -0.05) is 32.1 Å². The van der Waals surface area contributed by atoms with Crippen molar-refractivity contribution in [2.75, 3.05) is 45.3 Å². The second-order valence-electron chi connectivity index (χ2n) is 7.17. The van der Waals surface area contributed by atoms with Gasteiger partial charge in [0.1, 0.15) is 5.52 Å². The quantitative estimate of drug-likeness (QED) is 0.839. The van der Waals surface area contributed by atoms with Crippen LogP contribution in [-0.2, 0) is 4.79 Å². The fourth-order valence-electron chi connectivity index (χ4n) is 3.01. The Hall–Kier alpha value is -2.02. The van der Waals surface area contributed by atoms with Gasteiger partial charge < -0.3 is 19.3 Å². The van der Waals surface area contributed by atoms with Crippen molar-refractivity contribution >= 4 is 32.6 Å². The van der Waals surface area contributed by atoms with Crippen molar-refractivity contribution in [3.63, 3.8) is 0 Å². The Morgan fingerprint density at radius 1 is 1.12 bits per heavy atom. The van der Waals surface area contributed by atoms with E-state index in [1.165, 1.54) is 0 Å². The van der Waals surface area contributed by atoms with E-state index in [1.807, 2.05) is 37.8 Å². The molecule has 1 aromatic carbocycles. The fourth-order valence-corrected chi connectivity index (χ4v) is 4.02. The normalized spacial score (nSPS) is 15.6. The molecule has 6 nitrogen and oxygen atoms in total. The summed E-state index contributed by atoms with van der Waals surface area (Å²) in [5.74, 6) is 1.57. The van der Waals surface area contributed by atoms with E-state index in [4.69, 9.17) is 14.5 Å². The zero-order valence-electron chi connectivity index (χ0n) is 15.5. The van der Waals surface area contributed by atoms with E-state index in [1.54, 1.807) is 25.6 Å². The lowest BCUT2D eigenvalue weighted by Crippen LogP contribution is -2.51. The van der Waals surface area contributed by atoms with Crippen molar-refractivity contribution in [1.29, 1.82) is 0 Å². The van der Waals surface area contributed by atoms with Crippen LogP contribution in [0.2, 0.25) is 0 Å². The Labute approximate surface area is 152 Å². The Kier molecular flexibility index (Phi) is 4.77. The first kappa shape index (κ1) is 17.8. The molecule has 0 aliphatic carbocycles. The Bertz CT molecular complexity index is 774. The van der Waals surface area contributed by atoms with Crippen molar-refractivity contribution in [2.24, 2.45) is 5.41 Å². The first-order valence-electron chi connectivity index (χ1n) is 8.41. The number of methoxy groups -OCH3 is 2. The monoisotopic (exact) mass is 363 g/mol. The first-order chi connectivity index (χ1) is 11.8.